The summed E-state index contributed by atoms with van der Waals surface area (Å²) >= 11 is 0. The number of aromatic nitrogens is 2. The Morgan fingerprint density at radius 1 is 0.963 bits per heavy atom. The average Bonchev–Trinajstić information content (AvgIpc) is 3.17. The zero-order chi connectivity index (χ0) is 18.6. The van der Waals surface area contributed by atoms with Crippen LogP contribution in [0.1, 0.15) is 20.7 Å². The number of anilines is 1. The number of nitrogens with zero attached hydrogens (tertiary/aromatic N) is 1. The molecule has 0 aliphatic rings. The zero-order valence-electron chi connectivity index (χ0n) is 14.2. The molecule has 2 aromatic carbocycles. The number of hydrogen-bond donors (Lipinski definition) is 2. The van der Waals surface area contributed by atoms with Crippen LogP contribution in [0.25, 0.3) is 10.9 Å². The number of pyridine rings is 1. The topological polar surface area (TPSA) is 84.1 Å². The van der Waals surface area contributed by atoms with Crippen LogP contribution in [-0.2, 0) is 0 Å². The van der Waals surface area contributed by atoms with Crippen LogP contribution < -0.4 is 10.1 Å². The molecule has 0 radical (unpaired) electrons. The molecule has 0 atom stereocenters. The lowest BCUT2D eigenvalue weighted by Gasteiger charge is -2.07. The van der Waals surface area contributed by atoms with Crippen molar-refractivity contribution in [2.75, 3.05) is 5.32 Å². The van der Waals surface area contributed by atoms with Crippen LogP contribution in [0.5, 0.6) is 5.75 Å². The van der Waals surface area contributed by atoms with Gasteiger partial charge < -0.3 is 15.0 Å². The molecule has 0 bridgehead atoms. The standard InChI is InChI=1S/C21H15N3O3/c25-20(24-17-2-1-10-22-13-17)15-5-7-18(8-6-15)27-21(26)16-4-3-14-9-11-23-19(14)12-16/h1-13,23H,(H,24,25). The summed E-state index contributed by atoms with van der Waals surface area (Å²) in [7, 11) is 0. The van der Waals surface area contributed by atoms with Crippen molar-refractivity contribution in [3.05, 3.63) is 90.4 Å². The molecule has 2 N–H and O–H groups in total. The summed E-state index contributed by atoms with van der Waals surface area (Å²) in [5.41, 5.74) is 2.37. The zero-order valence-corrected chi connectivity index (χ0v) is 14.2. The molecule has 132 valence electrons. The van der Waals surface area contributed by atoms with Crippen molar-refractivity contribution in [2.24, 2.45) is 0 Å². The molecule has 4 aromatic rings. The Balaban J connectivity index is 1.44. The van der Waals surface area contributed by atoms with Gasteiger partial charge in [-0.15, -0.1) is 0 Å². The van der Waals surface area contributed by atoms with Gasteiger partial charge in [0.2, 0.25) is 0 Å². The molecule has 0 fully saturated rings. The summed E-state index contributed by atoms with van der Waals surface area (Å²) in [4.78, 5) is 31.5. The minimum atomic E-state index is -0.459. The molecule has 0 unspecified atom stereocenters. The number of esters is 1. The maximum Gasteiger partial charge on any atom is 0.343 e. The Labute approximate surface area is 154 Å². The van der Waals surface area contributed by atoms with Crippen LogP contribution >= 0.6 is 0 Å². The maximum atomic E-state index is 12.3. The largest absolute Gasteiger partial charge is 0.423 e. The lowest BCUT2D eigenvalue weighted by atomic mass is 10.1. The van der Waals surface area contributed by atoms with E-state index in [9.17, 15) is 9.59 Å². The fourth-order valence-corrected chi connectivity index (χ4v) is 2.66. The Morgan fingerprint density at radius 2 is 1.78 bits per heavy atom. The number of ether oxygens (including phenoxy) is 1. The monoisotopic (exact) mass is 357 g/mol. The molecule has 0 spiro atoms. The third kappa shape index (κ3) is 3.69. The van der Waals surface area contributed by atoms with E-state index in [2.05, 4.69) is 15.3 Å². The average molecular weight is 357 g/mol. The molecule has 1 amide bonds. The first-order valence-corrected chi connectivity index (χ1v) is 8.30. The Hall–Kier alpha value is -3.93. The molecule has 2 aromatic heterocycles. The number of carbonyl (C=O) groups excluding carboxylic acids is 2. The Morgan fingerprint density at radius 3 is 2.56 bits per heavy atom. The first-order valence-electron chi connectivity index (χ1n) is 8.30. The maximum absolute atomic E-state index is 12.3. The van der Waals surface area contributed by atoms with Crippen molar-refractivity contribution in [1.82, 2.24) is 9.97 Å². The molecule has 27 heavy (non-hydrogen) atoms. The van der Waals surface area contributed by atoms with Gasteiger partial charge in [0.1, 0.15) is 5.75 Å². The smallest absolute Gasteiger partial charge is 0.343 e. The van der Waals surface area contributed by atoms with Gasteiger partial charge in [0, 0.05) is 23.5 Å². The van der Waals surface area contributed by atoms with Gasteiger partial charge in [-0.1, -0.05) is 6.07 Å². The van der Waals surface area contributed by atoms with Crippen molar-refractivity contribution in [3.8, 4) is 5.75 Å². The highest BCUT2D eigenvalue weighted by Gasteiger charge is 2.11. The van der Waals surface area contributed by atoms with Gasteiger partial charge in [-0.3, -0.25) is 9.78 Å². The molecule has 6 nitrogen and oxygen atoms in total. The van der Waals surface area contributed by atoms with Crippen molar-refractivity contribution in [3.63, 3.8) is 0 Å². The molecule has 2 heterocycles. The lowest BCUT2D eigenvalue weighted by Crippen LogP contribution is -2.12. The van der Waals surface area contributed by atoms with Crippen LogP contribution in [0, 0.1) is 0 Å². The van der Waals surface area contributed by atoms with Gasteiger partial charge in [-0.25, -0.2) is 4.79 Å². The normalized spacial score (nSPS) is 10.5. The van der Waals surface area contributed by atoms with E-state index in [1.807, 2.05) is 18.3 Å². The lowest BCUT2D eigenvalue weighted by molar-refractivity contribution is 0.0735. The van der Waals surface area contributed by atoms with Crippen LogP contribution in [0.15, 0.2) is 79.3 Å². The van der Waals surface area contributed by atoms with Crippen molar-refractivity contribution >= 4 is 28.5 Å². The van der Waals surface area contributed by atoms with E-state index >= 15 is 0 Å². The highest BCUT2D eigenvalue weighted by Crippen LogP contribution is 2.18. The van der Waals surface area contributed by atoms with Crippen LogP contribution in [-0.4, -0.2) is 21.8 Å². The van der Waals surface area contributed by atoms with E-state index in [0.29, 0.717) is 22.6 Å². The van der Waals surface area contributed by atoms with E-state index in [1.54, 1.807) is 60.9 Å². The first-order chi connectivity index (χ1) is 13.2. The number of carbonyl (C=O) groups is 2. The minimum absolute atomic E-state index is 0.266. The number of hydrogen-bond acceptors (Lipinski definition) is 4. The minimum Gasteiger partial charge on any atom is -0.423 e. The molecule has 0 aliphatic carbocycles. The molecular formula is C21H15N3O3. The number of amides is 1. The summed E-state index contributed by atoms with van der Waals surface area (Å²) in [5, 5.41) is 3.77. The second-order valence-corrected chi connectivity index (χ2v) is 5.89. The molecule has 0 saturated heterocycles. The van der Waals surface area contributed by atoms with E-state index < -0.39 is 5.97 Å². The van der Waals surface area contributed by atoms with E-state index in [-0.39, 0.29) is 5.91 Å². The third-order valence-corrected chi connectivity index (χ3v) is 4.04. The second kappa shape index (κ2) is 7.13. The molecule has 0 saturated carbocycles. The Bertz CT molecular complexity index is 1100. The quantitative estimate of drug-likeness (QED) is 0.426. The Kier molecular flexibility index (Phi) is 4.37. The second-order valence-electron chi connectivity index (χ2n) is 5.89. The van der Waals surface area contributed by atoms with Gasteiger partial charge in [0.05, 0.1) is 17.4 Å². The number of rotatable bonds is 4. The van der Waals surface area contributed by atoms with E-state index in [4.69, 9.17) is 4.74 Å². The van der Waals surface area contributed by atoms with Crippen molar-refractivity contribution in [2.45, 2.75) is 0 Å². The van der Waals surface area contributed by atoms with Gasteiger partial charge in [-0.2, -0.15) is 0 Å². The van der Waals surface area contributed by atoms with Gasteiger partial charge in [0.25, 0.3) is 5.91 Å². The number of H-pyrrole nitrogens is 1. The predicted molar refractivity (Wildman–Crippen MR) is 102 cm³/mol. The number of aromatic amines is 1. The van der Waals surface area contributed by atoms with Crippen LogP contribution in [0.4, 0.5) is 5.69 Å². The fraction of sp³-hybridized carbons (Fsp3) is 0. The van der Waals surface area contributed by atoms with Crippen LogP contribution in [0.2, 0.25) is 0 Å². The molecular weight excluding hydrogens is 342 g/mol. The third-order valence-electron chi connectivity index (χ3n) is 4.04. The highest BCUT2D eigenvalue weighted by molar-refractivity contribution is 6.04. The summed E-state index contributed by atoms with van der Waals surface area (Å²) < 4.78 is 5.38. The summed E-state index contributed by atoms with van der Waals surface area (Å²) in [5.74, 6) is -0.360. The first kappa shape index (κ1) is 16.5. The number of benzene rings is 2. The highest BCUT2D eigenvalue weighted by atomic mass is 16.5. The van der Waals surface area contributed by atoms with Crippen molar-refractivity contribution < 1.29 is 14.3 Å². The van der Waals surface area contributed by atoms with Gasteiger partial charge in [-0.05, 0) is 60.0 Å². The summed E-state index contributed by atoms with van der Waals surface area (Å²) in [6, 6.07) is 17.1. The SMILES string of the molecule is O=C(Nc1cccnc1)c1ccc(OC(=O)c2ccc3cc[nH]c3c2)cc1. The van der Waals surface area contributed by atoms with Crippen LogP contribution in [0.3, 0.4) is 0 Å². The summed E-state index contributed by atoms with van der Waals surface area (Å²) in [6.07, 6.45) is 5.01. The molecule has 0 aliphatic heterocycles. The van der Waals surface area contributed by atoms with Gasteiger partial charge >= 0.3 is 5.97 Å². The molecule has 4 rings (SSSR count). The number of nitrogens with one attached hydrogen (secondary N) is 2. The van der Waals surface area contributed by atoms with E-state index in [0.717, 1.165) is 10.9 Å². The number of fused-ring (bicyclic) bond motifs is 1. The molecule has 6 heteroatoms. The predicted octanol–water partition coefficient (Wildman–Crippen LogP) is 4.03. The van der Waals surface area contributed by atoms with Crippen molar-refractivity contribution in [1.29, 1.82) is 0 Å². The van der Waals surface area contributed by atoms with E-state index in [1.165, 1.54) is 0 Å². The summed E-state index contributed by atoms with van der Waals surface area (Å²) in [6.45, 7) is 0. The fourth-order valence-electron chi connectivity index (χ4n) is 2.66. The van der Waals surface area contributed by atoms with Gasteiger partial charge in [0.15, 0.2) is 0 Å².